The number of aryl methyl sites for hydroxylation is 1. The minimum absolute atomic E-state index is 0.105. The zero-order valence-electron chi connectivity index (χ0n) is 12.1. The Balaban J connectivity index is 1.63. The second-order valence-electron chi connectivity index (χ2n) is 5.23. The molecule has 1 aliphatic rings. The first-order valence-corrected chi connectivity index (χ1v) is 7.12. The predicted molar refractivity (Wildman–Crippen MR) is 81.3 cm³/mol. The van der Waals surface area contributed by atoms with Gasteiger partial charge in [-0.2, -0.15) is 5.10 Å². The van der Waals surface area contributed by atoms with Crippen LogP contribution < -0.4 is 4.90 Å². The minimum Gasteiger partial charge on any atom is -0.352 e. The van der Waals surface area contributed by atoms with Crippen LogP contribution in [0.2, 0.25) is 0 Å². The molecular formula is C16H18N4O. The molecule has 3 rings (SSSR count). The highest BCUT2D eigenvalue weighted by Crippen LogP contribution is 2.14. The molecule has 21 heavy (non-hydrogen) atoms. The lowest BCUT2D eigenvalue weighted by atomic mass is 10.1. The third-order valence-electron chi connectivity index (χ3n) is 3.75. The normalized spacial score (nSPS) is 15.1. The first kappa shape index (κ1) is 13.5. The predicted octanol–water partition coefficient (Wildman–Crippen LogP) is 1.75. The highest BCUT2D eigenvalue weighted by molar-refractivity contribution is 5.94. The summed E-state index contributed by atoms with van der Waals surface area (Å²) in [5.41, 5.74) is 1.92. The van der Waals surface area contributed by atoms with Gasteiger partial charge in [0.05, 0.1) is 0 Å². The maximum absolute atomic E-state index is 12.4. The number of piperazine rings is 1. The fourth-order valence-electron chi connectivity index (χ4n) is 2.48. The molecule has 0 bridgehead atoms. The summed E-state index contributed by atoms with van der Waals surface area (Å²) in [6.45, 7) is 5.02. The van der Waals surface area contributed by atoms with Crippen molar-refractivity contribution in [1.82, 2.24) is 15.1 Å². The molecule has 5 nitrogen and oxygen atoms in total. The van der Waals surface area contributed by atoms with Gasteiger partial charge in [0.2, 0.25) is 0 Å². The molecule has 0 radical (unpaired) electrons. The Kier molecular flexibility index (Phi) is 3.81. The molecule has 1 fully saturated rings. The average Bonchev–Trinajstić information content (AvgIpc) is 2.56. The maximum Gasteiger partial charge on any atom is 0.253 e. The van der Waals surface area contributed by atoms with Crippen LogP contribution in [0.5, 0.6) is 0 Å². The number of rotatable bonds is 2. The van der Waals surface area contributed by atoms with Crippen molar-refractivity contribution in [3.05, 3.63) is 53.7 Å². The quantitative estimate of drug-likeness (QED) is 0.842. The number of aromatic nitrogens is 2. The van der Waals surface area contributed by atoms with Crippen LogP contribution in [-0.2, 0) is 0 Å². The molecule has 0 unspecified atom stereocenters. The number of hydrogen-bond donors (Lipinski definition) is 0. The third kappa shape index (κ3) is 3.02. The molecule has 0 aliphatic carbocycles. The molecule has 0 atom stereocenters. The largest absolute Gasteiger partial charge is 0.352 e. The van der Waals surface area contributed by atoms with Gasteiger partial charge < -0.3 is 9.80 Å². The Bertz CT molecular complexity index is 604. The Hall–Kier alpha value is -2.43. The van der Waals surface area contributed by atoms with Gasteiger partial charge in [-0.3, -0.25) is 4.79 Å². The summed E-state index contributed by atoms with van der Waals surface area (Å²) >= 11 is 0. The number of benzene rings is 1. The highest BCUT2D eigenvalue weighted by Gasteiger charge is 2.22. The van der Waals surface area contributed by atoms with E-state index in [0.29, 0.717) is 13.1 Å². The summed E-state index contributed by atoms with van der Waals surface area (Å²) in [5.74, 6) is 0.980. The summed E-state index contributed by atoms with van der Waals surface area (Å²) in [6.07, 6.45) is 1.67. The minimum atomic E-state index is 0.105. The number of nitrogens with zero attached hydrogens (tertiary/aromatic N) is 4. The van der Waals surface area contributed by atoms with Crippen molar-refractivity contribution in [2.24, 2.45) is 0 Å². The molecule has 1 aliphatic heterocycles. The standard InChI is InChI=1S/C16H18N4O/c1-13-4-6-14(7-5-13)16(21)20-11-9-19(10-12-20)15-3-2-8-17-18-15/h2-8H,9-12H2,1H3. The Morgan fingerprint density at radius 2 is 1.76 bits per heavy atom. The molecule has 5 heteroatoms. The maximum atomic E-state index is 12.4. The van der Waals surface area contributed by atoms with Crippen molar-refractivity contribution in [1.29, 1.82) is 0 Å². The van der Waals surface area contributed by atoms with Crippen molar-refractivity contribution in [3.8, 4) is 0 Å². The molecule has 2 aromatic rings. The second-order valence-corrected chi connectivity index (χ2v) is 5.23. The van der Waals surface area contributed by atoms with Crippen LogP contribution in [0.25, 0.3) is 0 Å². The van der Waals surface area contributed by atoms with E-state index in [-0.39, 0.29) is 5.91 Å². The van der Waals surface area contributed by atoms with Gasteiger partial charge in [-0.25, -0.2) is 0 Å². The number of amides is 1. The van der Waals surface area contributed by atoms with Crippen molar-refractivity contribution >= 4 is 11.7 Å². The zero-order chi connectivity index (χ0) is 14.7. The Morgan fingerprint density at radius 1 is 1.05 bits per heavy atom. The fraction of sp³-hybridized carbons (Fsp3) is 0.312. The molecular weight excluding hydrogens is 264 g/mol. The van der Waals surface area contributed by atoms with Crippen LogP contribution >= 0.6 is 0 Å². The van der Waals surface area contributed by atoms with Crippen LogP contribution in [0.1, 0.15) is 15.9 Å². The summed E-state index contributed by atoms with van der Waals surface area (Å²) < 4.78 is 0. The van der Waals surface area contributed by atoms with Crippen LogP contribution in [0.4, 0.5) is 5.82 Å². The van der Waals surface area contributed by atoms with Crippen LogP contribution in [0.3, 0.4) is 0 Å². The number of carbonyl (C=O) groups excluding carboxylic acids is 1. The van der Waals surface area contributed by atoms with Crippen molar-refractivity contribution in [3.63, 3.8) is 0 Å². The second kappa shape index (κ2) is 5.91. The average molecular weight is 282 g/mol. The van der Waals surface area contributed by atoms with Gasteiger partial charge in [0.1, 0.15) is 0 Å². The number of anilines is 1. The summed E-state index contributed by atoms with van der Waals surface area (Å²) in [6, 6.07) is 11.6. The molecule has 0 saturated carbocycles. The van der Waals surface area contributed by atoms with Crippen LogP contribution in [-0.4, -0.2) is 47.2 Å². The first-order valence-electron chi connectivity index (χ1n) is 7.12. The molecule has 0 N–H and O–H groups in total. The van der Waals surface area contributed by atoms with Gasteiger partial charge in [-0.15, -0.1) is 5.10 Å². The van der Waals surface area contributed by atoms with E-state index in [1.54, 1.807) is 6.20 Å². The van der Waals surface area contributed by atoms with Crippen molar-refractivity contribution < 1.29 is 4.79 Å². The van der Waals surface area contributed by atoms with E-state index in [1.165, 1.54) is 5.56 Å². The van der Waals surface area contributed by atoms with Gasteiger partial charge in [0.25, 0.3) is 5.91 Å². The highest BCUT2D eigenvalue weighted by atomic mass is 16.2. The van der Waals surface area contributed by atoms with Gasteiger partial charge >= 0.3 is 0 Å². The van der Waals surface area contributed by atoms with Crippen LogP contribution in [0, 0.1) is 6.92 Å². The van der Waals surface area contributed by atoms with E-state index in [0.717, 1.165) is 24.5 Å². The van der Waals surface area contributed by atoms with Gasteiger partial charge in [-0.1, -0.05) is 17.7 Å². The van der Waals surface area contributed by atoms with Gasteiger partial charge in [0.15, 0.2) is 5.82 Å². The summed E-state index contributed by atoms with van der Waals surface area (Å²) in [5, 5.41) is 8.01. The molecule has 1 aromatic heterocycles. The van der Waals surface area contributed by atoms with E-state index in [1.807, 2.05) is 48.2 Å². The van der Waals surface area contributed by atoms with E-state index in [4.69, 9.17) is 0 Å². The smallest absolute Gasteiger partial charge is 0.253 e. The SMILES string of the molecule is Cc1ccc(C(=O)N2CCN(c3cccnn3)CC2)cc1. The monoisotopic (exact) mass is 282 g/mol. The molecule has 2 heterocycles. The molecule has 1 amide bonds. The third-order valence-corrected chi connectivity index (χ3v) is 3.75. The molecule has 1 aromatic carbocycles. The lowest BCUT2D eigenvalue weighted by Crippen LogP contribution is -2.49. The lowest BCUT2D eigenvalue weighted by Gasteiger charge is -2.35. The van der Waals surface area contributed by atoms with Crippen molar-refractivity contribution in [2.45, 2.75) is 6.92 Å². The molecule has 1 saturated heterocycles. The van der Waals surface area contributed by atoms with E-state index >= 15 is 0 Å². The Morgan fingerprint density at radius 3 is 2.38 bits per heavy atom. The van der Waals surface area contributed by atoms with E-state index < -0.39 is 0 Å². The number of carbonyl (C=O) groups is 1. The zero-order valence-corrected chi connectivity index (χ0v) is 12.1. The summed E-state index contributed by atoms with van der Waals surface area (Å²) in [7, 11) is 0. The topological polar surface area (TPSA) is 49.3 Å². The van der Waals surface area contributed by atoms with Gasteiger partial charge in [0, 0.05) is 37.9 Å². The summed E-state index contributed by atoms with van der Waals surface area (Å²) in [4.78, 5) is 16.5. The Labute approximate surface area is 124 Å². The lowest BCUT2D eigenvalue weighted by molar-refractivity contribution is 0.0746. The van der Waals surface area contributed by atoms with E-state index in [9.17, 15) is 4.79 Å². The molecule has 0 spiro atoms. The van der Waals surface area contributed by atoms with Gasteiger partial charge in [-0.05, 0) is 31.2 Å². The van der Waals surface area contributed by atoms with Crippen LogP contribution in [0.15, 0.2) is 42.6 Å². The number of hydrogen-bond acceptors (Lipinski definition) is 4. The fourth-order valence-corrected chi connectivity index (χ4v) is 2.48. The first-order chi connectivity index (χ1) is 10.2. The molecule has 108 valence electrons. The van der Waals surface area contributed by atoms with E-state index in [2.05, 4.69) is 15.1 Å². The van der Waals surface area contributed by atoms with Crippen molar-refractivity contribution in [2.75, 3.05) is 31.1 Å².